The fourth-order valence-corrected chi connectivity index (χ4v) is 2.51. The largest absolute Gasteiger partial charge is 0.439 e. The van der Waals surface area contributed by atoms with Crippen LogP contribution >= 0.6 is 0 Å². The first-order valence-electron chi connectivity index (χ1n) is 7.02. The van der Waals surface area contributed by atoms with Gasteiger partial charge in [-0.05, 0) is 42.7 Å². The number of hydrogen-bond donors (Lipinski definition) is 2. The van der Waals surface area contributed by atoms with Gasteiger partial charge in [-0.15, -0.1) is 0 Å². The van der Waals surface area contributed by atoms with Crippen LogP contribution in [0.25, 0.3) is 0 Å². The van der Waals surface area contributed by atoms with Gasteiger partial charge >= 0.3 is 0 Å². The standard InChI is InChI=1S/C17H16N2O3/c1-11-5-4-7-13(9-11)18-16(20)14-10-12-6-2-3-8-15(12)22-17(14)19-21/h2-9,14,21H,10H2,1H3,(H,18,20). The van der Waals surface area contributed by atoms with Crippen LogP contribution in [0.15, 0.2) is 53.7 Å². The molecule has 2 aromatic rings. The highest BCUT2D eigenvalue weighted by Crippen LogP contribution is 2.29. The minimum Gasteiger partial charge on any atom is -0.439 e. The molecule has 1 amide bonds. The molecule has 1 unspecified atom stereocenters. The summed E-state index contributed by atoms with van der Waals surface area (Å²) in [4.78, 5) is 12.5. The smallest absolute Gasteiger partial charge is 0.243 e. The maximum Gasteiger partial charge on any atom is 0.243 e. The van der Waals surface area contributed by atoms with E-state index >= 15 is 0 Å². The summed E-state index contributed by atoms with van der Waals surface area (Å²) in [6.07, 6.45) is 0.438. The van der Waals surface area contributed by atoms with Crippen molar-refractivity contribution in [3.8, 4) is 5.75 Å². The van der Waals surface area contributed by atoms with Gasteiger partial charge in [-0.1, -0.05) is 35.5 Å². The molecule has 1 atom stereocenters. The molecule has 0 spiro atoms. The van der Waals surface area contributed by atoms with Gasteiger partial charge in [-0.25, -0.2) is 0 Å². The van der Waals surface area contributed by atoms with E-state index in [1.807, 2.05) is 49.4 Å². The van der Waals surface area contributed by atoms with E-state index in [9.17, 15) is 4.79 Å². The van der Waals surface area contributed by atoms with Crippen LogP contribution < -0.4 is 10.1 Å². The fraction of sp³-hybridized carbons (Fsp3) is 0.176. The third-order valence-electron chi connectivity index (χ3n) is 3.61. The molecule has 3 rings (SSSR count). The van der Waals surface area contributed by atoms with Gasteiger partial charge in [0.2, 0.25) is 11.8 Å². The Bertz CT molecular complexity index is 740. The van der Waals surface area contributed by atoms with Crippen molar-refractivity contribution in [2.24, 2.45) is 11.1 Å². The number of nitrogens with zero attached hydrogens (tertiary/aromatic N) is 1. The van der Waals surface area contributed by atoms with Gasteiger partial charge in [0, 0.05) is 5.69 Å². The Balaban J connectivity index is 1.82. The average molecular weight is 296 g/mol. The lowest BCUT2D eigenvalue weighted by molar-refractivity contribution is -0.118. The summed E-state index contributed by atoms with van der Waals surface area (Å²) >= 11 is 0. The van der Waals surface area contributed by atoms with Crippen LogP contribution in [0, 0.1) is 12.8 Å². The van der Waals surface area contributed by atoms with Crippen LogP contribution in [-0.4, -0.2) is 17.0 Å². The maximum absolute atomic E-state index is 12.5. The van der Waals surface area contributed by atoms with Crippen molar-refractivity contribution in [2.45, 2.75) is 13.3 Å². The summed E-state index contributed by atoms with van der Waals surface area (Å²) in [5, 5.41) is 15.1. The molecule has 0 aromatic heterocycles. The number of benzene rings is 2. The van der Waals surface area contributed by atoms with E-state index in [2.05, 4.69) is 10.5 Å². The van der Waals surface area contributed by atoms with Crippen molar-refractivity contribution in [1.82, 2.24) is 0 Å². The van der Waals surface area contributed by atoms with Gasteiger partial charge < -0.3 is 15.3 Å². The molecule has 0 bridgehead atoms. The Morgan fingerprint density at radius 1 is 1.27 bits per heavy atom. The van der Waals surface area contributed by atoms with Crippen LogP contribution in [0.2, 0.25) is 0 Å². The average Bonchev–Trinajstić information content (AvgIpc) is 2.53. The van der Waals surface area contributed by atoms with E-state index in [4.69, 9.17) is 9.94 Å². The predicted molar refractivity (Wildman–Crippen MR) is 83.3 cm³/mol. The van der Waals surface area contributed by atoms with Gasteiger partial charge in [0.25, 0.3) is 0 Å². The molecule has 5 heteroatoms. The summed E-state index contributed by atoms with van der Waals surface area (Å²) < 4.78 is 5.52. The summed E-state index contributed by atoms with van der Waals surface area (Å²) in [7, 11) is 0. The predicted octanol–water partition coefficient (Wildman–Crippen LogP) is 2.97. The number of anilines is 1. The van der Waals surface area contributed by atoms with Crippen molar-refractivity contribution >= 4 is 17.5 Å². The first-order valence-corrected chi connectivity index (χ1v) is 7.02. The van der Waals surface area contributed by atoms with Crippen molar-refractivity contribution in [3.63, 3.8) is 0 Å². The first kappa shape index (κ1) is 14.1. The lowest BCUT2D eigenvalue weighted by Gasteiger charge is -2.24. The highest BCUT2D eigenvalue weighted by molar-refractivity contribution is 6.07. The van der Waals surface area contributed by atoms with Gasteiger partial charge in [-0.3, -0.25) is 4.79 Å². The molecule has 0 saturated carbocycles. The molecule has 1 heterocycles. The number of carbonyl (C=O) groups is 1. The number of amides is 1. The molecule has 22 heavy (non-hydrogen) atoms. The third-order valence-corrected chi connectivity index (χ3v) is 3.61. The molecule has 5 nitrogen and oxygen atoms in total. The Kier molecular flexibility index (Phi) is 3.78. The van der Waals surface area contributed by atoms with E-state index in [0.29, 0.717) is 17.9 Å². The molecule has 0 radical (unpaired) electrons. The molecular formula is C17H16N2O3. The SMILES string of the molecule is Cc1cccc(NC(=O)C2Cc3ccccc3OC2=NO)c1. The van der Waals surface area contributed by atoms with Crippen molar-refractivity contribution in [1.29, 1.82) is 0 Å². The van der Waals surface area contributed by atoms with E-state index in [0.717, 1.165) is 11.1 Å². The number of hydrogen-bond acceptors (Lipinski definition) is 4. The van der Waals surface area contributed by atoms with E-state index in [1.54, 1.807) is 6.07 Å². The molecule has 2 N–H and O–H groups in total. The van der Waals surface area contributed by atoms with Crippen molar-refractivity contribution in [2.75, 3.05) is 5.32 Å². The summed E-state index contributed by atoms with van der Waals surface area (Å²) in [5.41, 5.74) is 2.68. The number of carbonyl (C=O) groups excluding carboxylic acids is 1. The van der Waals surface area contributed by atoms with Crippen molar-refractivity contribution in [3.05, 3.63) is 59.7 Å². The number of fused-ring (bicyclic) bond motifs is 1. The topological polar surface area (TPSA) is 70.9 Å². The van der Waals surface area contributed by atoms with E-state index in [1.165, 1.54) is 0 Å². The van der Waals surface area contributed by atoms with Crippen LogP contribution in [0.1, 0.15) is 11.1 Å². The molecule has 2 aromatic carbocycles. The molecule has 112 valence electrons. The monoisotopic (exact) mass is 296 g/mol. The third kappa shape index (κ3) is 2.79. The molecule has 0 fully saturated rings. The number of oxime groups is 1. The zero-order chi connectivity index (χ0) is 15.5. The highest BCUT2D eigenvalue weighted by Gasteiger charge is 2.33. The second kappa shape index (κ2) is 5.89. The van der Waals surface area contributed by atoms with E-state index in [-0.39, 0.29) is 11.8 Å². The second-order valence-electron chi connectivity index (χ2n) is 5.26. The Morgan fingerprint density at radius 2 is 2.09 bits per heavy atom. The lowest BCUT2D eigenvalue weighted by atomic mass is 9.95. The Labute approximate surface area is 128 Å². The molecule has 1 aliphatic heterocycles. The van der Waals surface area contributed by atoms with Crippen LogP contribution in [0.5, 0.6) is 5.75 Å². The quantitative estimate of drug-likeness (QED) is 0.661. The van der Waals surface area contributed by atoms with Gasteiger partial charge in [0.1, 0.15) is 11.7 Å². The van der Waals surface area contributed by atoms with E-state index < -0.39 is 5.92 Å². The first-order chi connectivity index (χ1) is 10.7. The van der Waals surface area contributed by atoms with Crippen LogP contribution in [-0.2, 0) is 11.2 Å². The van der Waals surface area contributed by atoms with Gasteiger partial charge in [-0.2, -0.15) is 0 Å². The Morgan fingerprint density at radius 3 is 2.86 bits per heavy atom. The summed E-state index contributed by atoms with van der Waals surface area (Å²) in [6, 6.07) is 14.9. The summed E-state index contributed by atoms with van der Waals surface area (Å²) in [5.74, 6) is -0.271. The number of nitrogens with one attached hydrogen (secondary N) is 1. The lowest BCUT2D eigenvalue weighted by Crippen LogP contribution is -2.37. The second-order valence-corrected chi connectivity index (χ2v) is 5.26. The molecular weight excluding hydrogens is 280 g/mol. The zero-order valence-corrected chi connectivity index (χ0v) is 12.1. The normalized spacial score (nSPS) is 18.4. The van der Waals surface area contributed by atoms with Gasteiger partial charge in [0.15, 0.2) is 0 Å². The number of rotatable bonds is 2. The molecule has 0 aliphatic carbocycles. The minimum atomic E-state index is -0.652. The molecule has 1 aliphatic rings. The number of ether oxygens (including phenoxy) is 1. The summed E-state index contributed by atoms with van der Waals surface area (Å²) in [6.45, 7) is 1.95. The minimum absolute atomic E-state index is 0.0175. The fourth-order valence-electron chi connectivity index (χ4n) is 2.51. The van der Waals surface area contributed by atoms with Crippen LogP contribution in [0.3, 0.4) is 0 Å². The van der Waals surface area contributed by atoms with Gasteiger partial charge in [0.05, 0.1) is 0 Å². The highest BCUT2D eigenvalue weighted by atomic mass is 16.5. The Hall–Kier alpha value is -2.82. The number of aryl methyl sites for hydroxylation is 1. The molecule has 0 saturated heterocycles. The van der Waals surface area contributed by atoms with Crippen molar-refractivity contribution < 1.29 is 14.7 Å². The zero-order valence-electron chi connectivity index (χ0n) is 12.1. The maximum atomic E-state index is 12.5. The van der Waals surface area contributed by atoms with Crippen LogP contribution in [0.4, 0.5) is 5.69 Å². The number of para-hydroxylation sites is 1.